The Bertz CT molecular complexity index is 451. The van der Waals surface area contributed by atoms with E-state index >= 15 is 0 Å². The monoisotopic (exact) mass is 346 g/mol. The van der Waals surface area contributed by atoms with Gasteiger partial charge in [-0.3, -0.25) is 4.52 Å². The smallest absolute Gasteiger partial charge is 0.302 e. The molecule has 0 radical (unpaired) electrons. The Morgan fingerprint density at radius 1 is 1.15 bits per heavy atom. The van der Waals surface area contributed by atoms with Crippen molar-refractivity contribution in [1.29, 1.82) is 0 Å². The van der Waals surface area contributed by atoms with E-state index in [-0.39, 0.29) is 6.61 Å². The van der Waals surface area contributed by atoms with Crippen LogP contribution in [0.1, 0.15) is 20.8 Å². The van der Waals surface area contributed by atoms with Gasteiger partial charge in [-0.15, -0.1) is 0 Å². The molecule has 7 nitrogen and oxygen atoms in total. The quantitative estimate of drug-likeness (QED) is 0.332. The topological polar surface area (TPSA) is 113 Å². The standard InChI is InChI=1S/C10H20O7P2S/c1-9(2)5-7-20-8-10(3)4-6-16-19(14,15)17-18(11,12)13/h4-5H,6-8H2,1-3H3,(H,14,15)(H2,11,12,13)/b10-4+. The van der Waals surface area contributed by atoms with Gasteiger partial charge < -0.3 is 14.7 Å². The molecular formula is C10H20O7P2S. The summed E-state index contributed by atoms with van der Waals surface area (Å²) in [6.07, 6.45) is 3.64. The molecule has 118 valence electrons. The number of rotatable bonds is 9. The van der Waals surface area contributed by atoms with Crippen LogP contribution in [0.5, 0.6) is 0 Å². The van der Waals surface area contributed by atoms with Crippen LogP contribution < -0.4 is 0 Å². The van der Waals surface area contributed by atoms with Gasteiger partial charge in [-0.25, -0.2) is 9.13 Å². The molecule has 1 unspecified atom stereocenters. The zero-order valence-corrected chi connectivity index (χ0v) is 14.2. The van der Waals surface area contributed by atoms with Crippen LogP contribution in [0, 0.1) is 0 Å². The maximum Gasteiger partial charge on any atom is 0.481 e. The summed E-state index contributed by atoms with van der Waals surface area (Å²) in [6, 6.07) is 0. The Morgan fingerprint density at radius 2 is 1.75 bits per heavy atom. The van der Waals surface area contributed by atoms with Crippen LogP contribution in [0.4, 0.5) is 0 Å². The summed E-state index contributed by atoms with van der Waals surface area (Å²) in [4.78, 5) is 25.8. The van der Waals surface area contributed by atoms with E-state index in [1.54, 1.807) is 17.8 Å². The number of hydrogen-bond donors (Lipinski definition) is 3. The highest BCUT2D eigenvalue weighted by atomic mass is 32.2. The van der Waals surface area contributed by atoms with Crippen molar-refractivity contribution in [1.82, 2.24) is 0 Å². The van der Waals surface area contributed by atoms with E-state index in [1.807, 2.05) is 20.8 Å². The van der Waals surface area contributed by atoms with Crippen LogP contribution in [-0.4, -0.2) is 32.8 Å². The third kappa shape index (κ3) is 13.1. The summed E-state index contributed by atoms with van der Waals surface area (Å²) in [7, 11) is -9.79. The molecule has 0 aromatic heterocycles. The molecule has 0 amide bonds. The highest BCUT2D eigenvalue weighted by Crippen LogP contribution is 2.57. The lowest BCUT2D eigenvalue weighted by Crippen LogP contribution is -1.95. The number of allylic oxidation sites excluding steroid dienone is 1. The van der Waals surface area contributed by atoms with Gasteiger partial charge in [0.15, 0.2) is 0 Å². The first-order chi connectivity index (χ1) is 9.02. The van der Waals surface area contributed by atoms with Crippen LogP contribution in [-0.2, 0) is 18.0 Å². The molecule has 0 saturated heterocycles. The molecule has 0 aliphatic rings. The summed E-state index contributed by atoms with van der Waals surface area (Å²) in [6.45, 7) is 5.58. The molecule has 0 aromatic carbocycles. The Labute approximate surface area is 122 Å². The highest BCUT2D eigenvalue weighted by Gasteiger charge is 2.31. The van der Waals surface area contributed by atoms with Crippen LogP contribution in [0.25, 0.3) is 0 Å². The van der Waals surface area contributed by atoms with Crippen molar-refractivity contribution in [2.24, 2.45) is 0 Å². The predicted molar refractivity (Wildman–Crippen MR) is 79.4 cm³/mol. The van der Waals surface area contributed by atoms with Crippen molar-refractivity contribution >= 4 is 27.4 Å². The Balaban J connectivity index is 4.08. The van der Waals surface area contributed by atoms with Crippen molar-refractivity contribution < 1.29 is 32.6 Å². The van der Waals surface area contributed by atoms with Crippen molar-refractivity contribution in [2.75, 3.05) is 18.1 Å². The Kier molecular flexibility index (Phi) is 9.22. The Morgan fingerprint density at radius 3 is 2.25 bits per heavy atom. The molecule has 0 aliphatic carbocycles. The van der Waals surface area contributed by atoms with E-state index < -0.39 is 15.6 Å². The fraction of sp³-hybridized carbons (Fsp3) is 0.600. The average Bonchev–Trinajstić information content (AvgIpc) is 2.20. The first-order valence-corrected chi connectivity index (χ1v) is 9.81. The van der Waals surface area contributed by atoms with Gasteiger partial charge in [0.05, 0.1) is 6.61 Å². The van der Waals surface area contributed by atoms with Gasteiger partial charge in [0.25, 0.3) is 0 Å². The van der Waals surface area contributed by atoms with Crippen LogP contribution in [0.2, 0.25) is 0 Å². The number of hydrogen-bond acceptors (Lipinski definition) is 5. The Hall–Kier alpha value is 0.0900. The SMILES string of the molecule is CC(C)=CCSC/C(C)=C/COP(=O)(O)OP(=O)(O)O. The van der Waals surface area contributed by atoms with Crippen molar-refractivity contribution in [3.63, 3.8) is 0 Å². The fourth-order valence-electron chi connectivity index (χ4n) is 0.936. The third-order valence-corrected chi connectivity index (χ3v) is 5.03. The summed E-state index contributed by atoms with van der Waals surface area (Å²) >= 11 is 1.67. The van der Waals surface area contributed by atoms with Crippen LogP contribution in [0.3, 0.4) is 0 Å². The maximum atomic E-state index is 11.1. The number of phosphoric ester groups is 1. The number of thioether (sulfide) groups is 1. The molecular weight excluding hydrogens is 326 g/mol. The maximum absolute atomic E-state index is 11.1. The van der Waals surface area contributed by atoms with Gasteiger partial charge in [-0.05, 0) is 20.8 Å². The summed E-state index contributed by atoms with van der Waals surface area (Å²) in [5, 5.41) is 0. The van der Waals surface area contributed by atoms with Crippen molar-refractivity contribution in [3.8, 4) is 0 Å². The first-order valence-electron chi connectivity index (χ1n) is 5.63. The van der Waals surface area contributed by atoms with Crippen LogP contribution >= 0.6 is 27.4 Å². The molecule has 10 heteroatoms. The highest BCUT2D eigenvalue weighted by molar-refractivity contribution is 7.99. The fourth-order valence-corrected chi connectivity index (χ4v) is 3.47. The van der Waals surface area contributed by atoms with E-state index in [9.17, 15) is 9.13 Å². The molecule has 0 saturated carbocycles. The largest absolute Gasteiger partial charge is 0.481 e. The number of phosphoric acid groups is 2. The van der Waals surface area contributed by atoms with E-state index in [2.05, 4.69) is 14.9 Å². The molecule has 0 aromatic rings. The van der Waals surface area contributed by atoms with Gasteiger partial charge in [-0.2, -0.15) is 16.1 Å². The average molecular weight is 346 g/mol. The molecule has 0 heterocycles. The van der Waals surface area contributed by atoms with E-state index in [1.165, 1.54) is 5.57 Å². The minimum Gasteiger partial charge on any atom is -0.302 e. The van der Waals surface area contributed by atoms with Crippen molar-refractivity contribution in [2.45, 2.75) is 20.8 Å². The van der Waals surface area contributed by atoms with E-state index in [0.717, 1.165) is 17.1 Å². The lowest BCUT2D eigenvalue weighted by molar-refractivity contribution is 0.191. The minimum atomic E-state index is -5.05. The molecule has 1 atom stereocenters. The predicted octanol–water partition coefficient (Wildman–Crippen LogP) is 2.86. The normalized spacial score (nSPS) is 15.8. The molecule has 20 heavy (non-hydrogen) atoms. The second-order valence-corrected chi connectivity index (χ2v) is 8.04. The molecule has 0 aliphatic heterocycles. The van der Waals surface area contributed by atoms with Gasteiger partial charge in [0.2, 0.25) is 0 Å². The zero-order chi connectivity index (χ0) is 15.8. The molecule has 0 rings (SSSR count). The van der Waals surface area contributed by atoms with E-state index in [0.29, 0.717) is 0 Å². The zero-order valence-electron chi connectivity index (χ0n) is 11.6. The lowest BCUT2D eigenvalue weighted by atomic mass is 10.3. The second-order valence-electron chi connectivity index (χ2n) is 4.18. The van der Waals surface area contributed by atoms with E-state index in [4.69, 9.17) is 14.7 Å². The van der Waals surface area contributed by atoms with Crippen LogP contribution in [0.15, 0.2) is 23.3 Å². The van der Waals surface area contributed by atoms with Gasteiger partial charge >= 0.3 is 15.6 Å². The summed E-state index contributed by atoms with van der Waals surface area (Å²) in [5.41, 5.74) is 2.16. The third-order valence-electron chi connectivity index (χ3n) is 1.82. The molecule has 0 spiro atoms. The van der Waals surface area contributed by atoms with Gasteiger partial charge in [0.1, 0.15) is 0 Å². The van der Waals surface area contributed by atoms with Gasteiger partial charge in [0, 0.05) is 11.5 Å². The summed E-state index contributed by atoms with van der Waals surface area (Å²) in [5.74, 6) is 1.59. The summed E-state index contributed by atoms with van der Waals surface area (Å²) < 4.78 is 29.6. The molecule has 0 fully saturated rings. The molecule has 0 bridgehead atoms. The minimum absolute atomic E-state index is 0.261. The lowest BCUT2D eigenvalue weighted by Gasteiger charge is -2.11. The van der Waals surface area contributed by atoms with Gasteiger partial charge in [-0.1, -0.05) is 23.3 Å². The second kappa shape index (κ2) is 9.18. The van der Waals surface area contributed by atoms with Crippen molar-refractivity contribution in [3.05, 3.63) is 23.3 Å². The first kappa shape index (κ1) is 20.1. The molecule has 3 N–H and O–H groups in total.